The summed E-state index contributed by atoms with van der Waals surface area (Å²) >= 11 is 11.1. The Morgan fingerprint density at radius 3 is 2.88 bits per heavy atom. The Balaban J connectivity index is 2.32. The Morgan fingerprint density at radius 1 is 1.44 bits per heavy atom. The molecular formula is C11H15ClN2OS. The molecule has 3 nitrogen and oxygen atoms in total. The maximum absolute atomic E-state index is 5.98. The van der Waals surface area contributed by atoms with Gasteiger partial charge in [-0.25, -0.2) is 0 Å². The van der Waals surface area contributed by atoms with Crippen molar-refractivity contribution < 1.29 is 4.74 Å². The lowest BCUT2D eigenvalue weighted by Gasteiger charge is -2.11. The number of ether oxygens (including phenoxy) is 1. The van der Waals surface area contributed by atoms with Gasteiger partial charge in [0.05, 0.1) is 17.3 Å². The first-order chi connectivity index (χ1) is 7.74. The second-order valence-electron chi connectivity index (χ2n) is 3.06. The molecule has 88 valence electrons. The normalized spacial score (nSPS) is 9.88. The van der Waals surface area contributed by atoms with E-state index in [1.807, 2.05) is 31.2 Å². The van der Waals surface area contributed by atoms with Gasteiger partial charge in [0.2, 0.25) is 0 Å². The molecule has 5 heteroatoms. The van der Waals surface area contributed by atoms with Crippen molar-refractivity contribution in [3.05, 3.63) is 29.3 Å². The Kier molecular flexibility index (Phi) is 6.15. The summed E-state index contributed by atoms with van der Waals surface area (Å²) in [6, 6.07) is 7.46. The number of nitrogens with one attached hydrogen (secondary N) is 2. The van der Waals surface area contributed by atoms with Crippen molar-refractivity contribution in [3.63, 3.8) is 0 Å². The van der Waals surface area contributed by atoms with Crippen LogP contribution in [0.1, 0.15) is 6.92 Å². The Morgan fingerprint density at radius 2 is 2.19 bits per heavy atom. The summed E-state index contributed by atoms with van der Waals surface area (Å²) < 4.78 is 5.18. The summed E-state index contributed by atoms with van der Waals surface area (Å²) in [6.45, 7) is 4.00. The highest BCUT2D eigenvalue weighted by Crippen LogP contribution is 2.19. The zero-order valence-electron chi connectivity index (χ0n) is 9.13. The van der Waals surface area contributed by atoms with E-state index >= 15 is 0 Å². The first-order valence-electron chi connectivity index (χ1n) is 5.11. The Bertz CT molecular complexity index is 347. The van der Waals surface area contributed by atoms with Gasteiger partial charge < -0.3 is 15.4 Å². The van der Waals surface area contributed by atoms with Crippen LogP contribution in [-0.2, 0) is 4.74 Å². The number of para-hydroxylation sites is 1. The van der Waals surface area contributed by atoms with Gasteiger partial charge in [-0.2, -0.15) is 0 Å². The molecule has 1 rings (SSSR count). The molecule has 0 spiro atoms. The van der Waals surface area contributed by atoms with Crippen molar-refractivity contribution in [2.75, 3.05) is 25.1 Å². The van der Waals surface area contributed by atoms with Gasteiger partial charge in [-0.3, -0.25) is 0 Å². The molecule has 0 aromatic heterocycles. The van der Waals surface area contributed by atoms with E-state index in [4.69, 9.17) is 28.6 Å². The van der Waals surface area contributed by atoms with Gasteiger partial charge in [0.25, 0.3) is 0 Å². The van der Waals surface area contributed by atoms with Crippen LogP contribution in [-0.4, -0.2) is 24.9 Å². The molecule has 0 radical (unpaired) electrons. The van der Waals surface area contributed by atoms with E-state index in [2.05, 4.69) is 10.6 Å². The summed E-state index contributed by atoms with van der Waals surface area (Å²) in [7, 11) is 0. The number of anilines is 1. The van der Waals surface area contributed by atoms with E-state index in [-0.39, 0.29) is 0 Å². The van der Waals surface area contributed by atoms with E-state index in [0.29, 0.717) is 29.9 Å². The monoisotopic (exact) mass is 258 g/mol. The number of halogens is 1. The standard InChI is InChI=1S/C11H15ClN2OS/c1-2-15-8-7-13-11(16)14-10-6-4-3-5-9(10)12/h3-6H,2,7-8H2,1H3,(H2,13,14,16). The van der Waals surface area contributed by atoms with Crippen LogP contribution in [0.2, 0.25) is 5.02 Å². The number of rotatable bonds is 5. The highest BCUT2D eigenvalue weighted by Gasteiger charge is 2.00. The predicted molar refractivity (Wildman–Crippen MR) is 72.2 cm³/mol. The number of hydrogen-bond acceptors (Lipinski definition) is 2. The average molecular weight is 259 g/mol. The van der Waals surface area contributed by atoms with Gasteiger partial charge >= 0.3 is 0 Å². The third-order valence-corrected chi connectivity index (χ3v) is 2.43. The molecule has 16 heavy (non-hydrogen) atoms. The summed E-state index contributed by atoms with van der Waals surface area (Å²) in [4.78, 5) is 0. The SMILES string of the molecule is CCOCCNC(=S)Nc1ccccc1Cl. The number of thiocarbonyl (C=S) groups is 1. The predicted octanol–water partition coefficient (Wildman–Crippen LogP) is 2.66. The molecule has 0 saturated carbocycles. The molecule has 0 bridgehead atoms. The van der Waals surface area contributed by atoms with Crippen molar-refractivity contribution in [1.29, 1.82) is 0 Å². The third kappa shape index (κ3) is 4.79. The smallest absolute Gasteiger partial charge is 0.170 e. The molecule has 0 aliphatic rings. The molecule has 0 unspecified atom stereocenters. The zero-order chi connectivity index (χ0) is 11.8. The molecule has 2 N–H and O–H groups in total. The summed E-state index contributed by atoms with van der Waals surface area (Å²) in [5.74, 6) is 0. The topological polar surface area (TPSA) is 33.3 Å². The third-order valence-electron chi connectivity index (χ3n) is 1.86. The highest BCUT2D eigenvalue weighted by atomic mass is 35.5. The van der Waals surface area contributed by atoms with E-state index < -0.39 is 0 Å². The first-order valence-corrected chi connectivity index (χ1v) is 5.89. The lowest BCUT2D eigenvalue weighted by molar-refractivity contribution is 0.152. The van der Waals surface area contributed by atoms with Crippen molar-refractivity contribution in [3.8, 4) is 0 Å². The van der Waals surface area contributed by atoms with E-state index in [0.717, 1.165) is 5.69 Å². The van der Waals surface area contributed by atoms with Crippen LogP contribution >= 0.6 is 23.8 Å². The minimum atomic E-state index is 0.549. The van der Waals surface area contributed by atoms with Crippen molar-refractivity contribution >= 4 is 34.6 Å². The fraction of sp³-hybridized carbons (Fsp3) is 0.364. The molecule has 0 aliphatic carbocycles. The van der Waals surface area contributed by atoms with Crippen LogP contribution in [0.15, 0.2) is 24.3 Å². The summed E-state index contributed by atoms with van der Waals surface area (Å²) in [5.41, 5.74) is 0.804. The highest BCUT2D eigenvalue weighted by molar-refractivity contribution is 7.80. The second-order valence-corrected chi connectivity index (χ2v) is 3.87. The maximum atomic E-state index is 5.98. The maximum Gasteiger partial charge on any atom is 0.170 e. The van der Waals surface area contributed by atoms with Crippen molar-refractivity contribution in [2.24, 2.45) is 0 Å². The molecule has 0 fully saturated rings. The van der Waals surface area contributed by atoms with Crippen LogP contribution in [0.5, 0.6) is 0 Å². The molecule has 0 saturated heterocycles. The second kappa shape index (κ2) is 7.44. The Labute approximate surface area is 106 Å². The fourth-order valence-electron chi connectivity index (χ4n) is 1.11. The number of hydrogen-bond donors (Lipinski definition) is 2. The van der Waals surface area contributed by atoms with E-state index in [1.165, 1.54) is 0 Å². The van der Waals surface area contributed by atoms with E-state index in [9.17, 15) is 0 Å². The minimum absolute atomic E-state index is 0.549. The van der Waals surface area contributed by atoms with Crippen LogP contribution in [0.4, 0.5) is 5.69 Å². The van der Waals surface area contributed by atoms with Crippen LogP contribution in [0.3, 0.4) is 0 Å². The van der Waals surface area contributed by atoms with Gasteiger partial charge in [0.1, 0.15) is 0 Å². The molecule has 1 aromatic rings. The lowest BCUT2D eigenvalue weighted by atomic mass is 10.3. The quantitative estimate of drug-likeness (QED) is 0.629. The molecule has 0 atom stereocenters. The summed E-state index contributed by atoms with van der Waals surface area (Å²) in [6.07, 6.45) is 0. The Hall–Kier alpha value is -0.840. The van der Waals surface area contributed by atoms with Crippen LogP contribution in [0.25, 0.3) is 0 Å². The summed E-state index contributed by atoms with van der Waals surface area (Å²) in [5, 5.41) is 7.25. The molecule has 1 aromatic carbocycles. The van der Waals surface area contributed by atoms with Crippen LogP contribution in [0, 0.1) is 0 Å². The minimum Gasteiger partial charge on any atom is -0.380 e. The average Bonchev–Trinajstić information content (AvgIpc) is 2.28. The van der Waals surface area contributed by atoms with Gasteiger partial charge in [-0.15, -0.1) is 0 Å². The van der Waals surface area contributed by atoms with E-state index in [1.54, 1.807) is 0 Å². The van der Waals surface area contributed by atoms with Gasteiger partial charge in [0, 0.05) is 13.2 Å². The first kappa shape index (κ1) is 13.2. The fourth-order valence-corrected chi connectivity index (χ4v) is 1.51. The lowest BCUT2D eigenvalue weighted by Crippen LogP contribution is -2.31. The molecule has 0 aliphatic heterocycles. The molecule has 0 amide bonds. The molecule has 0 heterocycles. The van der Waals surface area contributed by atoms with Gasteiger partial charge in [0.15, 0.2) is 5.11 Å². The largest absolute Gasteiger partial charge is 0.380 e. The zero-order valence-corrected chi connectivity index (χ0v) is 10.7. The van der Waals surface area contributed by atoms with Gasteiger partial charge in [-0.1, -0.05) is 23.7 Å². The van der Waals surface area contributed by atoms with Crippen molar-refractivity contribution in [1.82, 2.24) is 5.32 Å². The van der Waals surface area contributed by atoms with Crippen molar-refractivity contribution in [2.45, 2.75) is 6.92 Å². The number of benzene rings is 1. The van der Waals surface area contributed by atoms with Crippen LogP contribution < -0.4 is 10.6 Å². The molecular weight excluding hydrogens is 244 g/mol. The van der Waals surface area contributed by atoms with Gasteiger partial charge in [-0.05, 0) is 31.3 Å².